The number of nitrogens with one attached hydrogen (secondary N) is 2. The third-order valence-corrected chi connectivity index (χ3v) is 3.78. The zero-order valence-electron chi connectivity index (χ0n) is 10.2. The molecule has 0 aromatic heterocycles. The summed E-state index contributed by atoms with van der Waals surface area (Å²) in [5.74, 6) is 0.188. The summed E-state index contributed by atoms with van der Waals surface area (Å²) >= 11 is 0. The van der Waals surface area contributed by atoms with Gasteiger partial charge in [0.25, 0.3) is 0 Å². The van der Waals surface area contributed by atoms with Crippen LogP contribution in [0, 0.1) is 0 Å². The minimum Gasteiger partial charge on any atom is -0.358 e. The molecule has 2 fully saturated rings. The van der Waals surface area contributed by atoms with Crippen LogP contribution in [0.5, 0.6) is 0 Å². The number of piperidine rings is 1. The van der Waals surface area contributed by atoms with Crippen molar-refractivity contribution in [2.75, 3.05) is 26.7 Å². The fourth-order valence-electron chi connectivity index (χ4n) is 2.87. The van der Waals surface area contributed by atoms with Gasteiger partial charge in [0.15, 0.2) is 0 Å². The van der Waals surface area contributed by atoms with E-state index in [-0.39, 0.29) is 11.9 Å². The summed E-state index contributed by atoms with van der Waals surface area (Å²) in [5.41, 5.74) is 0. The largest absolute Gasteiger partial charge is 0.358 e. The van der Waals surface area contributed by atoms with Crippen LogP contribution < -0.4 is 10.6 Å². The van der Waals surface area contributed by atoms with E-state index in [1.165, 1.54) is 19.3 Å². The van der Waals surface area contributed by atoms with Crippen LogP contribution in [0.15, 0.2) is 0 Å². The molecule has 4 nitrogen and oxygen atoms in total. The van der Waals surface area contributed by atoms with Gasteiger partial charge in [-0.25, -0.2) is 0 Å². The lowest BCUT2D eigenvalue weighted by Crippen LogP contribution is -2.49. The number of hydrogen-bond donors (Lipinski definition) is 2. The molecule has 1 amide bonds. The summed E-state index contributed by atoms with van der Waals surface area (Å²) in [6.45, 7) is 3.26. The Kier molecular flexibility index (Phi) is 4.18. The van der Waals surface area contributed by atoms with Crippen molar-refractivity contribution in [2.24, 2.45) is 0 Å². The summed E-state index contributed by atoms with van der Waals surface area (Å²) in [6.07, 6.45) is 6.07. The average Bonchev–Trinajstić information content (AvgIpc) is 2.77. The van der Waals surface area contributed by atoms with Gasteiger partial charge in [0.1, 0.15) is 0 Å². The van der Waals surface area contributed by atoms with E-state index < -0.39 is 0 Å². The predicted molar refractivity (Wildman–Crippen MR) is 64.3 cm³/mol. The highest BCUT2D eigenvalue weighted by Gasteiger charge is 2.31. The Labute approximate surface area is 97.8 Å². The Morgan fingerprint density at radius 2 is 2.25 bits per heavy atom. The molecule has 2 aliphatic rings. The van der Waals surface area contributed by atoms with E-state index in [9.17, 15) is 4.79 Å². The highest BCUT2D eigenvalue weighted by atomic mass is 16.2. The molecule has 2 saturated heterocycles. The van der Waals surface area contributed by atoms with Gasteiger partial charge in [-0.05, 0) is 38.8 Å². The summed E-state index contributed by atoms with van der Waals surface area (Å²) in [5, 5.41) is 6.32. The van der Waals surface area contributed by atoms with Gasteiger partial charge >= 0.3 is 0 Å². The van der Waals surface area contributed by atoms with Crippen molar-refractivity contribution in [3.05, 3.63) is 0 Å². The molecule has 0 aromatic rings. The molecule has 2 aliphatic heterocycles. The van der Waals surface area contributed by atoms with Crippen LogP contribution in [0.3, 0.4) is 0 Å². The van der Waals surface area contributed by atoms with Crippen LogP contribution in [-0.4, -0.2) is 49.6 Å². The topological polar surface area (TPSA) is 44.4 Å². The number of nitrogens with zero attached hydrogens (tertiary/aromatic N) is 1. The lowest BCUT2D eigenvalue weighted by atomic mass is 10.0. The number of amides is 1. The molecule has 2 N–H and O–H groups in total. The first-order chi connectivity index (χ1) is 7.81. The standard InChI is InChI=1S/C12H23N3O/c1-13-12(16)11-6-4-8-15(11)9-10-5-2-3-7-14-10/h10-11,14H,2-9H2,1H3,(H,13,16). The maximum absolute atomic E-state index is 11.7. The average molecular weight is 225 g/mol. The smallest absolute Gasteiger partial charge is 0.237 e. The van der Waals surface area contributed by atoms with Crippen LogP contribution in [0.1, 0.15) is 32.1 Å². The molecule has 16 heavy (non-hydrogen) atoms. The minimum absolute atomic E-state index is 0.119. The quantitative estimate of drug-likeness (QED) is 0.728. The van der Waals surface area contributed by atoms with E-state index in [1.807, 2.05) is 0 Å². The van der Waals surface area contributed by atoms with Crippen LogP contribution in [0.4, 0.5) is 0 Å². The van der Waals surface area contributed by atoms with E-state index in [2.05, 4.69) is 15.5 Å². The first-order valence-electron chi connectivity index (χ1n) is 6.50. The fraction of sp³-hybridized carbons (Fsp3) is 0.917. The lowest BCUT2D eigenvalue weighted by Gasteiger charge is -2.30. The lowest BCUT2D eigenvalue weighted by molar-refractivity contribution is -0.125. The molecule has 0 saturated carbocycles. The van der Waals surface area contributed by atoms with Crippen LogP contribution >= 0.6 is 0 Å². The monoisotopic (exact) mass is 225 g/mol. The zero-order valence-corrected chi connectivity index (χ0v) is 10.2. The van der Waals surface area contributed by atoms with E-state index in [0.717, 1.165) is 32.5 Å². The predicted octanol–water partition coefficient (Wildman–Crippen LogP) is 0.339. The molecule has 0 aliphatic carbocycles. The van der Waals surface area contributed by atoms with E-state index in [1.54, 1.807) is 7.05 Å². The van der Waals surface area contributed by atoms with Gasteiger partial charge in [-0.1, -0.05) is 6.42 Å². The number of likely N-dealkylation sites (tertiary alicyclic amines) is 1. The molecular weight excluding hydrogens is 202 g/mol. The van der Waals surface area contributed by atoms with E-state index in [0.29, 0.717) is 6.04 Å². The molecule has 4 heteroatoms. The first-order valence-corrected chi connectivity index (χ1v) is 6.50. The van der Waals surface area contributed by atoms with Crippen LogP contribution in [0.2, 0.25) is 0 Å². The second kappa shape index (κ2) is 5.64. The molecule has 0 bridgehead atoms. The van der Waals surface area contributed by atoms with E-state index in [4.69, 9.17) is 0 Å². The van der Waals surface area contributed by atoms with Gasteiger partial charge in [-0.3, -0.25) is 9.69 Å². The Bertz CT molecular complexity index is 238. The Morgan fingerprint density at radius 1 is 1.38 bits per heavy atom. The van der Waals surface area contributed by atoms with Crippen molar-refractivity contribution in [1.29, 1.82) is 0 Å². The molecule has 2 heterocycles. The second-order valence-corrected chi connectivity index (χ2v) is 4.91. The molecule has 0 spiro atoms. The van der Waals surface area contributed by atoms with E-state index >= 15 is 0 Å². The summed E-state index contributed by atoms with van der Waals surface area (Å²) < 4.78 is 0. The number of carbonyl (C=O) groups is 1. The highest BCUT2D eigenvalue weighted by Crippen LogP contribution is 2.19. The molecule has 2 unspecified atom stereocenters. The van der Waals surface area contributed by atoms with Gasteiger partial charge < -0.3 is 10.6 Å². The number of hydrogen-bond acceptors (Lipinski definition) is 3. The van der Waals surface area contributed by atoms with Crippen molar-refractivity contribution in [3.63, 3.8) is 0 Å². The van der Waals surface area contributed by atoms with Gasteiger partial charge in [0.05, 0.1) is 6.04 Å². The maximum atomic E-state index is 11.7. The van der Waals surface area contributed by atoms with Crippen LogP contribution in [-0.2, 0) is 4.79 Å². The molecule has 92 valence electrons. The summed E-state index contributed by atoms with van der Waals surface area (Å²) in [6, 6.07) is 0.715. The number of carbonyl (C=O) groups excluding carboxylic acids is 1. The normalized spacial score (nSPS) is 31.6. The van der Waals surface area contributed by atoms with Crippen molar-refractivity contribution in [3.8, 4) is 0 Å². The molecule has 2 rings (SSSR count). The van der Waals surface area contributed by atoms with Gasteiger partial charge in [-0.2, -0.15) is 0 Å². The minimum atomic E-state index is 0.119. The molecule has 0 aromatic carbocycles. The van der Waals surface area contributed by atoms with Gasteiger partial charge in [-0.15, -0.1) is 0 Å². The maximum Gasteiger partial charge on any atom is 0.237 e. The fourth-order valence-corrected chi connectivity index (χ4v) is 2.87. The second-order valence-electron chi connectivity index (χ2n) is 4.91. The summed E-state index contributed by atoms with van der Waals surface area (Å²) in [4.78, 5) is 14.0. The molecule has 0 radical (unpaired) electrons. The number of rotatable bonds is 3. The molecule has 2 atom stereocenters. The SMILES string of the molecule is CNC(=O)C1CCCN1CC1CCCCN1. The molecular formula is C12H23N3O. The third kappa shape index (κ3) is 2.74. The van der Waals surface area contributed by atoms with Gasteiger partial charge in [0, 0.05) is 19.6 Å². The van der Waals surface area contributed by atoms with Crippen molar-refractivity contribution >= 4 is 5.91 Å². The van der Waals surface area contributed by atoms with Crippen molar-refractivity contribution in [1.82, 2.24) is 15.5 Å². The Balaban J connectivity index is 1.85. The zero-order chi connectivity index (χ0) is 11.4. The highest BCUT2D eigenvalue weighted by molar-refractivity contribution is 5.81. The van der Waals surface area contributed by atoms with Crippen molar-refractivity contribution in [2.45, 2.75) is 44.2 Å². The number of likely N-dealkylation sites (N-methyl/N-ethyl adjacent to an activating group) is 1. The third-order valence-electron chi connectivity index (χ3n) is 3.78. The summed E-state index contributed by atoms with van der Waals surface area (Å²) in [7, 11) is 1.73. The Morgan fingerprint density at radius 3 is 2.94 bits per heavy atom. The Hall–Kier alpha value is -0.610. The van der Waals surface area contributed by atoms with Gasteiger partial charge in [0.2, 0.25) is 5.91 Å². The van der Waals surface area contributed by atoms with Crippen LogP contribution in [0.25, 0.3) is 0 Å². The van der Waals surface area contributed by atoms with Crippen molar-refractivity contribution < 1.29 is 4.79 Å². The first kappa shape index (κ1) is 11.9.